The van der Waals surface area contributed by atoms with E-state index in [4.69, 9.17) is 14.9 Å². The zero-order valence-corrected chi connectivity index (χ0v) is 11.1. The number of rotatable bonds is 5. The van der Waals surface area contributed by atoms with Crippen molar-refractivity contribution in [2.45, 2.75) is 13.3 Å². The van der Waals surface area contributed by atoms with Gasteiger partial charge in [0.25, 0.3) is 5.91 Å². The quantitative estimate of drug-likeness (QED) is 0.640. The van der Waals surface area contributed by atoms with E-state index < -0.39 is 5.97 Å². The number of benzene rings is 1. The summed E-state index contributed by atoms with van der Waals surface area (Å²) in [5.41, 5.74) is 6.77. The van der Waals surface area contributed by atoms with Crippen LogP contribution in [0.5, 0.6) is 0 Å². The van der Waals surface area contributed by atoms with Gasteiger partial charge in [-0.1, -0.05) is 6.92 Å². The van der Waals surface area contributed by atoms with Crippen molar-refractivity contribution in [3.63, 3.8) is 0 Å². The molecule has 6 heteroatoms. The number of hydrogen-bond donors (Lipinski definition) is 2. The third-order valence-corrected chi connectivity index (χ3v) is 2.65. The predicted molar refractivity (Wildman–Crippen MR) is 74.2 cm³/mol. The number of anilines is 1. The van der Waals surface area contributed by atoms with Crippen LogP contribution in [0.1, 0.15) is 23.9 Å². The van der Waals surface area contributed by atoms with Gasteiger partial charge in [0.1, 0.15) is 5.58 Å². The summed E-state index contributed by atoms with van der Waals surface area (Å²) in [5.74, 6) is -0.958. The van der Waals surface area contributed by atoms with Gasteiger partial charge in [0, 0.05) is 17.6 Å². The highest BCUT2D eigenvalue weighted by Gasteiger charge is 2.15. The van der Waals surface area contributed by atoms with Crippen molar-refractivity contribution in [2.75, 3.05) is 18.9 Å². The molecule has 0 saturated heterocycles. The zero-order valence-electron chi connectivity index (χ0n) is 11.1. The molecule has 3 N–H and O–H groups in total. The molecule has 0 fully saturated rings. The Hall–Kier alpha value is -2.50. The van der Waals surface area contributed by atoms with Gasteiger partial charge in [-0.15, -0.1) is 0 Å². The van der Waals surface area contributed by atoms with Gasteiger partial charge >= 0.3 is 5.97 Å². The first kappa shape index (κ1) is 13.9. The summed E-state index contributed by atoms with van der Waals surface area (Å²) < 4.78 is 10.2. The summed E-state index contributed by atoms with van der Waals surface area (Å²) in [5, 5.41) is 3.33. The highest BCUT2D eigenvalue weighted by Crippen LogP contribution is 2.22. The molecule has 0 aliphatic rings. The average molecular weight is 276 g/mol. The molecule has 20 heavy (non-hydrogen) atoms. The van der Waals surface area contributed by atoms with E-state index in [9.17, 15) is 9.59 Å². The van der Waals surface area contributed by atoms with E-state index in [1.165, 1.54) is 6.07 Å². The number of nitrogens with one attached hydrogen (secondary N) is 1. The third kappa shape index (κ3) is 3.28. The molecule has 6 nitrogen and oxygen atoms in total. The van der Waals surface area contributed by atoms with Crippen LogP contribution in [0.15, 0.2) is 28.7 Å². The SMILES string of the molecule is CCCNC(=O)COC(=O)c1cc2cc(N)ccc2o1. The molecular weight excluding hydrogens is 260 g/mol. The molecule has 1 heterocycles. The van der Waals surface area contributed by atoms with Crippen LogP contribution in [0, 0.1) is 0 Å². The molecule has 0 saturated carbocycles. The Morgan fingerprint density at radius 1 is 1.35 bits per heavy atom. The molecule has 1 amide bonds. The Morgan fingerprint density at radius 2 is 2.15 bits per heavy atom. The molecule has 0 spiro atoms. The van der Waals surface area contributed by atoms with Gasteiger partial charge in [-0.3, -0.25) is 4.79 Å². The molecule has 0 bridgehead atoms. The lowest BCUT2D eigenvalue weighted by atomic mass is 10.2. The summed E-state index contributed by atoms with van der Waals surface area (Å²) in [4.78, 5) is 23.1. The van der Waals surface area contributed by atoms with Crippen LogP contribution in [0.2, 0.25) is 0 Å². The van der Waals surface area contributed by atoms with E-state index in [1.54, 1.807) is 18.2 Å². The van der Waals surface area contributed by atoms with E-state index in [1.807, 2.05) is 6.92 Å². The first-order valence-corrected chi connectivity index (χ1v) is 6.33. The second-order valence-electron chi connectivity index (χ2n) is 4.33. The summed E-state index contributed by atoms with van der Waals surface area (Å²) in [6.07, 6.45) is 0.824. The number of hydrogen-bond acceptors (Lipinski definition) is 5. The summed E-state index contributed by atoms with van der Waals surface area (Å²) in [6, 6.07) is 6.59. The number of furan rings is 1. The predicted octanol–water partition coefficient (Wildman–Crippen LogP) is 1.70. The highest BCUT2D eigenvalue weighted by molar-refractivity contribution is 5.94. The second kappa shape index (κ2) is 6.10. The van der Waals surface area contributed by atoms with Crippen molar-refractivity contribution in [3.8, 4) is 0 Å². The Morgan fingerprint density at radius 3 is 2.90 bits per heavy atom. The lowest BCUT2D eigenvalue weighted by molar-refractivity contribution is -0.124. The van der Waals surface area contributed by atoms with Gasteiger partial charge in [-0.2, -0.15) is 0 Å². The number of esters is 1. The van der Waals surface area contributed by atoms with E-state index in [2.05, 4.69) is 5.32 Å². The number of nitrogens with two attached hydrogens (primary N) is 1. The maximum absolute atomic E-state index is 11.8. The van der Waals surface area contributed by atoms with Crippen molar-refractivity contribution in [2.24, 2.45) is 0 Å². The maximum atomic E-state index is 11.8. The van der Waals surface area contributed by atoms with E-state index in [0.717, 1.165) is 6.42 Å². The van der Waals surface area contributed by atoms with Crippen LogP contribution in [0.4, 0.5) is 5.69 Å². The number of amides is 1. The first-order valence-electron chi connectivity index (χ1n) is 6.33. The van der Waals surface area contributed by atoms with E-state index in [-0.39, 0.29) is 18.3 Å². The van der Waals surface area contributed by atoms with E-state index in [0.29, 0.717) is 23.2 Å². The smallest absolute Gasteiger partial charge is 0.374 e. The highest BCUT2D eigenvalue weighted by atomic mass is 16.5. The van der Waals surface area contributed by atoms with Gasteiger partial charge in [0.05, 0.1) is 0 Å². The zero-order chi connectivity index (χ0) is 14.5. The number of carbonyl (C=O) groups is 2. The van der Waals surface area contributed by atoms with Crippen LogP contribution < -0.4 is 11.1 Å². The largest absolute Gasteiger partial charge is 0.450 e. The molecule has 0 aliphatic heterocycles. The number of carbonyl (C=O) groups excluding carboxylic acids is 2. The van der Waals surface area contributed by atoms with Crippen LogP contribution in [-0.4, -0.2) is 25.0 Å². The molecule has 1 aromatic heterocycles. The van der Waals surface area contributed by atoms with Crippen LogP contribution in [-0.2, 0) is 9.53 Å². The lowest BCUT2D eigenvalue weighted by Gasteiger charge is -2.03. The molecule has 2 aromatic rings. The summed E-state index contributed by atoms with van der Waals surface area (Å²) in [6.45, 7) is 2.17. The van der Waals surface area contributed by atoms with Crippen molar-refractivity contribution in [3.05, 3.63) is 30.0 Å². The Bertz CT molecular complexity index is 633. The minimum atomic E-state index is -0.675. The number of fused-ring (bicyclic) bond motifs is 1. The Kier molecular flexibility index (Phi) is 4.24. The summed E-state index contributed by atoms with van der Waals surface area (Å²) >= 11 is 0. The molecule has 0 atom stereocenters. The fraction of sp³-hybridized carbons (Fsp3) is 0.286. The normalized spacial score (nSPS) is 10.4. The average Bonchev–Trinajstić information content (AvgIpc) is 2.85. The molecule has 0 radical (unpaired) electrons. The van der Waals surface area contributed by atoms with E-state index >= 15 is 0 Å². The van der Waals surface area contributed by atoms with Gasteiger partial charge in [0.2, 0.25) is 5.76 Å². The van der Waals surface area contributed by atoms with Crippen molar-refractivity contribution >= 4 is 28.5 Å². The minimum absolute atomic E-state index is 0.0499. The van der Waals surface area contributed by atoms with Crippen molar-refractivity contribution in [1.82, 2.24) is 5.32 Å². The second-order valence-corrected chi connectivity index (χ2v) is 4.33. The number of ether oxygens (including phenoxy) is 1. The number of nitrogen functional groups attached to an aromatic ring is 1. The summed E-state index contributed by atoms with van der Waals surface area (Å²) in [7, 11) is 0. The topological polar surface area (TPSA) is 94.6 Å². The lowest BCUT2D eigenvalue weighted by Crippen LogP contribution is -2.29. The van der Waals surface area contributed by atoms with Crippen LogP contribution in [0.25, 0.3) is 11.0 Å². The fourth-order valence-electron chi connectivity index (χ4n) is 1.68. The molecule has 0 aliphatic carbocycles. The molecule has 0 unspecified atom stereocenters. The van der Waals surface area contributed by atoms with Gasteiger partial charge < -0.3 is 20.2 Å². The van der Waals surface area contributed by atoms with Crippen molar-refractivity contribution < 1.29 is 18.7 Å². The fourth-order valence-corrected chi connectivity index (χ4v) is 1.68. The molecule has 2 rings (SSSR count). The Labute approximate surface area is 115 Å². The van der Waals surface area contributed by atoms with Crippen molar-refractivity contribution in [1.29, 1.82) is 0 Å². The van der Waals surface area contributed by atoms with Gasteiger partial charge in [0.15, 0.2) is 6.61 Å². The Balaban J connectivity index is 1.99. The first-order chi connectivity index (χ1) is 9.60. The monoisotopic (exact) mass is 276 g/mol. The van der Waals surface area contributed by atoms with Gasteiger partial charge in [-0.05, 0) is 30.7 Å². The molecule has 1 aromatic carbocycles. The third-order valence-electron chi connectivity index (χ3n) is 2.65. The van der Waals surface area contributed by atoms with Gasteiger partial charge in [-0.25, -0.2) is 4.79 Å². The standard InChI is InChI=1S/C14H16N2O4/c1-2-5-16-13(17)8-19-14(18)12-7-9-6-10(15)3-4-11(9)20-12/h3-4,6-7H,2,5,8,15H2,1H3,(H,16,17). The maximum Gasteiger partial charge on any atom is 0.374 e. The minimum Gasteiger partial charge on any atom is -0.450 e. The van der Waals surface area contributed by atoms with Crippen LogP contribution >= 0.6 is 0 Å². The molecule has 106 valence electrons. The molecular formula is C14H16N2O4. The van der Waals surface area contributed by atoms with Crippen LogP contribution in [0.3, 0.4) is 0 Å².